The highest BCUT2D eigenvalue weighted by Gasteiger charge is 2.48. The van der Waals surface area contributed by atoms with Crippen molar-refractivity contribution in [3.63, 3.8) is 0 Å². The largest absolute Gasteiger partial charge is 0.381 e. The average molecular weight is 382 g/mol. The molecule has 2 bridgehead atoms. The van der Waals surface area contributed by atoms with Gasteiger partial charge in [-0.3, -0.25) is 10.0 Å². The third kappa shape index (κ3) is 6.58. The molecule has 2 N–H and O–H groups in total. The molecule has 0 aromatic heterocycles. The minimum Gasteiger partial charge on any atom is -0.381 e. The van der Waals surface area contributed by atoms with Gasteiger partial charge in [-0.2, -0.15) is 0 Å². The second-order valence-corrected chi connectivity index (χ2v) is 8.82. The van der Waals surface area contributed by atoms with Gasteiger partial charge in [-0.05, 0) is 44.4 Å². The zero-order chi connectivity index (χ0) is 19.7. The van der Waals surface area contributed by atoms with Crippen LogP contribution in [0.5, 0.6) is 0 Å². The molecule has 5 heteroatoms. The van der Waals surface area contributed by atoms with E-state index in [2.05, 4.69) is 19.1 Å². The lowest BCUT2D eigenvalue weighted by atomic mass is 9.78. The fourth-order valence-corrected chi connectivity index (χ4v) is 4.36. The highest BCUT2D eigenvalue weighted by molar-refractivity contribution is 5.80. The fraction of sp³-hybridized carbons (Fsp3) is 0.864. The van der Waals surface area contributed by atoms with E-state index in [0.29, 0.717) is 30.5 Å². The molecule has 156 valence electrons. The summed E-state index contributed by atoms with van der Waals surface area (Å²) in [7, 11) is 0. The van der Waals surface area contributed by atoms with E-state index < -0.39 is 5.41 Å². The highest BCUT2D eigenvalue weighted by Crippen LogP contribution is 2.45. The van der Waals surface area contributed by atoms with Crippen LogP contribution in [0.15, 0.2) is 12.2 Å². The molecular formula is C22H39NO4. The van der Waals surface area contributed by atoms with Gasteiger partial charge in [0.2, 0.25) is 5.91 Å². The van der Waals surface area contributed by atoms with Gasteiger partial charge < -0.3 is 9.47 Å². The number of fused-ring (bicyclic) bond motifs is 2. The van der Waals surface area contributed by atoms with Crippen LogP contribution in [-0.2, 0) is 14.3 Å². The van der Waals surface area contributed by atoms with Crippen LogP contribution in [0.3, 0.4) is 0 Å². The molecule has 0 spiro atoms. The van der Waals surface area contributed by atoms with Crippen molar-refractivity contribution >= 4 is 5.91 Å². The molecule has 2 saturated heterocycles. The molecule has 2 fully saturated rings. The molecule has 1 amide bonds. The van der Waals surface area contributed by atoms with E-state index in [0.717, 1.165) is 32.5 Å². The first kappa shape index (κ1) is 22.4. The number of allylic oxidation sites excluding steroid dienone is 2. The highest BCUT2D eigenvalue weighted by atomic mass is 16.5. The van der Waals surface area contributed by atoms with Crippen molar-refractivity contribution < 1.29 is 19.5 Å². The van der Waals surface area contributed by atoms with Gasteiger partial charge >= 0.3 is 0 Å². The Hall–Kier alpha value is -0.910. The second kappa shape index (κ2) is 11.2. The third-order valence-corrected chi connectivity index (χ3v) is 6.27. The predicted octanol–water partition coefficient (Wildman–Crippen LogP) is 4.64. The van der Waals surface area contributed by atoms with E-state index in [1.807, 2.05) is 13.8 Å². The number of unbranched alkanes of at least 4 members (excludes halogenated alkanes) is 3. The fourth-order valence-electron chi connectivity index (χ4n) is 4.36. The lowest BCUT2D eigenvalue weighted by Gasteiger charge is -2.27. The normalized spacial score (nSPS) is 27.6. The van der Waals surface area contributed by atoms with Gasteiger partial charge in [0.05, 0.1) is 18.8 Å². The summed E-state index contributed by atoms with van der Waals surface area (Å²) in [5, 5.41) is 8.79. The summed E-state index contributed by atoms with van der Waals surface area (Å²) in [6, 6.07) is 0. The van der Waals surface area contributed by atoms with Gasteiger partial charge in [0.15, 0.2) is 0 Å². The standard InChI is InChI=1S/C22H39NO4/c1-4-5-6-10-15-26-16-18-17(19-12-13-20(18)27-19)11-8-7-9-14-22(2,3)21(24)23-25/h7-8,17-20,25H,4-6,9-16H2,1-3H3,(H,23,24)/t17-,18+,19-,20+/m0/s1. The van der Waals surface area contributed by atoms with Crippen LogP contribution < -0.4 is 5.48 Å². The molecule has 27 heavy (non-hydrogen) atoms. The summed E-state index contributed by atoms with van der Waals surface area (Å²) < 4.78 is 12.1. The summed E-state index contributed by atoms with van der Waals surface area (Å²) >= 11 is 0. The van der Waals surface area contributed by atoms with Crippen molar-refractivity contribution in [3.8, 4) is 0 Å². The van der Waals surface area contributed by atoms with E-state index >= 15 is 0 Å². The van der Waals surface area contributed by atoms with E-state index in [1.54, 1.807) is 5.48 Å². The summed E-state index contributed by atoms with van der Waals surface area (Å²) in [5.41, 5.74) is 1.20. The van der Waals surface area contributed by atoms with Crippen LogP contribution in [0.2, 0.25) is 0 Å². The minimum atomic E-state index is -0.553. The first-order valence-corrected chi connectivity index (χ1v) is 10.8. The Morgan fingerprint density at radius 2 is 1.93 bits per heavy atom. The predicted molar refractivity (Wildman–Crippen MR) is 107 cm³/mol. The average Bonchev–Trinajstić information content (AvgIpc) is 3.25. The molecule has 2 aliphatic heterocycles. The van der Waals surface area contributed by atoms with Gasteiger partial charge in [0, 0.05) is 17.9 Å². The summed E-state index contributed by atoms with van der Waals surface area (Å²) in [4.78, 5) is 11.6. The number of nitrogens with one attached hydrogen (secondary N) is 1. The molecule has 4 atom stereocenters. The van der Waals surface area contributed by atoms with Gasteiger partial charge in [0.1, 0.15) is 0 Å². The lowest BCUT2D eigenvalue weighted by molar-refractivity contribution is -0.138. The smallest absolute Gasteiger partial charge is 0.248 e. The van der Waals surface area contributed by atoms with Crippen molar-refractivity contribution in [3.05, 3.63) is 12.2 Å². The molecule has 2 rings (SSSR count). The van der Waals surface area contributed by atoms with Gasteiger partial charge in [-0.1, -0.05) is 52.2 Å². The zero-order valence-electron chi connectivity index (χ0n) is 17.4. The van der Waals surface area contributed by atoms with E-state index in [-0.39, 0.29) is 5.91 Å². The molecule has 0 aromatic carbocycles. The monoisotopic (exact) mass is 381 g/mol. The van der Waals surface area contributed by atoms with Crippen LogP contribution in [0.1, 0.15) is 78.6 Å². The summed E-state index contributed by atoms with van der Waals surface area (Å²) in [6.45, 7) is 7.63. The molecule has 0 aromatic rings. The van der Waals surface area contributed by atoms with Gasteiger partial charge in [0.25, 0.3) is 0 Å². The molecule has 2 heterocycles. The molecule has 0 aliphatic carbocycles. The Kier molecular flexibility index (Phi) is 9.27. The number of amides is 1. The third-order valence-electron chi connectivity index (χ3n) is 6.27. The quantitative estimate of drug-likeness (QED) is 0.211. The Balaban J connectivity index is 1.71. The molecule has 0 unspecified atom stereocenters. The van der Waals surface area contributed by atoms with E-state index in [9.17, 15) is 4.79 Å². The Morgan fingerprint density at radius 1 is 1.19 bits per heavy atom. The Labute approximate surface area is 164 Å². The number of hydrogen-bond donors (Lipinski definition) is 2. The van der Waals surface area contributed by atoms with E-state index in [4.69, 9.17) is 14.7 Å². The van der Waals surface area contributed by atoms with Gasteiger partial charge in [-0.15, -0.1) is 0 Å². The molecule has 5 nitrogen and oxygen atoms in total. The van der Waals surface area contributed by atoms with E-state index in [1.165, 1.54) is 32.1 Å². The van der Waals surface area contributed by atoms with Crippen LogP contribution in [-0.4, -0.2) is 36.5 Å². The second-order valence-electron chi connectivity index (χ2n) is 8.82. The van der Waals surface area contributed by atoms with Crippen LogP contribution in [0.4, 0.5) is 0 Å². The summed E-state index contributed by atoms with van der Waals surface area (Å²) in [6.07, 6.45) is 15.1. The lowest BCUT2D eigenvalue weighted by Crippen LogP contribution is -2.34. The van der Waals surface area contributed by atoms with Crippen LogP contribution in [0, 0.1) is 17.3 Å². The van der Waals surface area contributed by atoms with Crippen molar-refractivity contribution in [2.24, 2.45) is 17.3 Å². The first-order valence-electron chi connectivity index (χ1n) is 10.8. The van der Waals surface area contributed by atoms with Crippen molar-refractivity contribution in [2.75, 3.05) is 13.2 Å². The molecule has 0 radical (unpaired) electrons. The zero-order valence-corrected chi connectivity index (χ0v) is 17.4. The van der Waals surface area contributed by atoms with Crippen LogP contribution >= 0.6 is 0 Å². The topological polar surface area (TPSA) is 67.8 Å². The van der Waals surface area contributed by atoms with Crippen molar-refractivity contribution in [1.82, 2.24) is 5.48 Å². The van der Waals surface area contributed by atoms with Gasteiger partial charge in [-0.25, -0.2) is 5.48 Å². The summed E-state index contributed by atoms with van der Waals surface area (Å²) in [5.74, 6) is 0.758. The van der Waals surface area contributed by atoms with Crippen molar-refractivity contribution in [2.45, 2.75) is 90.8 Å². The number of carbonyl (C=O) groups is 1. The Bertz CT molecular complexity index is 477. The SMILES string of the molecule is CCCCCCOC[C@@H]1[C@H](CC=CCCC(C)(C)C(=O)NO)[C@@H]2CC[C@H]1O2. The van der Waals surface area contributed by atoms with Crippen molar-refractivity contribution in [1.29, 1.82) is 0 Å². The molecular weight excluding hydrogens is 342 g/mol. The molecule has 2 aliphatic rings. The Morgan fingerprint density at radius 3 is 2.63 bits per heavy atom. The number of rotatable bonds is 13. The maximum absolute atomic E-state index is 11.6. The first-order chi connectivity index (χ1) is 13.0. The number of ether oxygens (including phenoxy) is 2. The number of carbonyl (C=O) groups excluding carboxylic acids is 1. The van der Waals surface area contributed by atoms with Crippen LogP contribution in [0.25, 0.3) is 0 Å². The maximum atomic E-state index is 11.6. The maximum Gasteiger partial charge on any atom is 0.248 e. The number of hydroxylamine groups is 1. The number of hydrogen-bond acceptors (Lipinski definition) is 4. The molecule has 0 saturated carbocycles. The minimum absolute atomic E-state index is 0.325.